The van der Waals surface area contributed by atoms with E-state index < -0.39 is 0 Å². The topological polar surface area (TPSA) is 63.1 Å². The van der Waals surface area contributed by atoms with Gasteiger partial charge < -0.3 is 14.8 Å². The van der Waals surface area contributed by atoms with Crippen molar-refractivity contribution in [3.05, 3.63) is 47.3 Å². The number of nitrogens with zero attached hydrogens (tertiary/aromatic N) is 4. The predicted octanol–water partition coefficient (Wildman–Crippen LogP) is 2.49. The summed E-state index contributed by atoms with van der Waals surface area (Å²) < 4.78 is 15.7. The summed E-state index contributed by atoms with van der Waals surface area (Å²) >= 11 is 0. The maximum atomic E-state index is 13.9. The van der Waals surface area contributed by atoms with Gasteiger partial charge in [0.25, 0.3) is 0 Å². The number of halogens is 1. The van der Waals surface area contributed by atoms with E-state index in [0.717, 1.165) is 36.2 Å². The number of hydrogen-bond donors (Lipinski definition) is 1. The Bertz CT molecular complexity index is 774. The van der Waals surface area contributed by atoms with Gasteiger partial charge in [-0.1, -0.05) is 12.1 Å². The molecule has 0 spiro atoms. The highest BCUT2D eigenvalue weighted by atomic mass is 19.1. The van der Waals surface area contributed by atoms with Crippen LogP contribution < -0.4 is 5.32 Å². The first-order chi connectivity index (χ1) is 11.6. The van der Waals surface area contributed by atoms with Crippen molar-refractivity contribution in [1.29, 1.82) is 0 Å². The standard InChI is InChI=1S/C17H20FN5O/c1-22-10-19-21-16(22)15-6-3-9-23(15)17(24)20-14-8-7-11-12(14)4-2-5-13(11)18/h2,4-5,10,14-15H,3,6-9H2,1H3,(H,20,24)/t14-,15-/m1/s1. The molecule has 0 radical (unpaired) electrons. The molecule has 7 heteroatoms. The Balaban J connectivity index is 1.51. The van der Waals surface area contributed by atoms with Crippen molar-refractivity contribution >= 4 is 6.03 Å². The molecular weight excluding hydrogens is 309 g/mol. The Kier molecular flexibility index (Phi) is 3.70. The van der Waals surface area contributed by atoms with Gasteiger partial charge in [0.1, 0.15) is 12.1 Å². The number of likely N-dealkylation sites (tertiary alicyclic amines) is 1. The minimum Gasteiger partial charge on any atom is -0.331 e. The number of amides is 2. The summed E-state index contributed by atoms with van der Waals surface area (Å²) in [5, 5.41) is 11.1. The maximum absolute atomic E-state index is 13.9. The molecular formula is C17H20FN5O. The molecule has 1 aromatic heterocycles. The number of benzene rings is 1. The van der Waals surface area contributed by atoms with Crippen LogP contribution in [0.2, 0.25) is 0 Å². The lowest BCUT2D eigenvalue weighted by atomic mass is 10.1. The zero-order chi connectivity index (χ0) is 16.7. The van der Waals surface area contributed by atoms with Crippen molar-refractivity contribution in [1.82, 2.24) is 25.0 Å². The highest BCUT2D eigenvalue weighted by molar-refractivity contribution is 5.75. The van der Waals surface area contributed by atoms with Gasteiger partial charge in [0, 0.05) is 13.6 Å². The zero-order valence-electron chi connectivity index (χ0n) is 13.6. The molecule has 6 nitrogen and oxygen atoms in total. The quantitative estimate of drug-likeness (QED) is 0.921. The molecule has 4 rings (SSSR count). The molecule has 2 atom stereocenters. The van der Waals surface area contributed by atoms with Gasteiger partial charge in [-0.3, -0.25) is 0 Å². The summed E-state index contributed by atoms with van der Waals surface area (Å²) in [6, 6.07) is 4.81. The molecule has 2 aliphatic rings. The number of nitrogens with one attached hydrogen (secondary N) is 1. The number of aryl methyl sites for hydroxylation is 1. The van der Waals surface area contributed by atoms with Crippen molar-refractivity contribution in [2.75, 3.05) is 6.54 Å². The molecule has 1 N–H and O–H groups in total. The largest absolute Gasteiger partial charge is 0.331 e. The van der Waals surface area contributed by atoms with E-state index in [0.29, 0.717) is 13.0 Å². The third-order valence-electron chi connectivity index (χ3n) is 5.07. The van der Waals surface area contributed by atoms with Crippen LogP contribution in [0.4, 0.5) is 9.18 Å². The Morgan fingerprint density at radius 3 is 3.04 bits per heavy atom. The maximum Gasteiger partial charge on any atom is 0.318 e. The van der Waals surface area contributed by atoms with Gasteiger partial charge in [0.2, 0.25) is 0 Å². The molecule has 24 heavy (non-hydrogen) atoms. The fourth-order valence-electron chi connectivity index (χ4n) is 3.86. The van der Waals surface area contributed by atoms with Crippen LogP contribution in [0.3, 0.4) is 0 Å². The second-order valence-corrected chi connectivity index (χ2v) is 6.50. The number of hydrogen-bond acceptors (Lipinski definition) is 3. The Labute approximate surface area is 139 Å². The minimum atomic E-state index is -0.178. The fourth-order valence-corrected chi connectivity index (χ4v) is 3.86. The van der Waals surface area contributed by atoms with E-state index in [1.807, 2.05) is 22.6 Å². The number of aromatic nitrogens is 3. The average Bonchev–Trinajstić information content (AvgIpc) is 3.27. The Hall–Kier alpha value is -2.44. The molecule has 2 heterocycles. The molecule has 1 aliphatic carbocycles. The number of rotatable bonds is 2. The molecule has 1 aliphatic heterocycles. The van der Waals surface area contributed by atoms with Gasteiger partial charge in [-0.05, 0) is 42.9 Å². The van der Waals surface area contributed by atoms with E-state index in [9.17, 15) is 9.18 Å². The van der Waals surface area contributed by atoms with E-state index in [4.69, 9.17) is 0 Å². The van der Waals surface area contributed by atoms with Crippen molar-refractivity contribution in [3.8, 4) is 0 Å². The van der Waals surface area contributed by atoms with Gasteiger partial charge in [-0.2, -0.15) is 0 Å². The minimum absolute atomic E-state index is 0.0501. The van der Waals surface area contributed by atoms with Gasteiger partial charge in [0.05, 0.1) is 12.1 Å². The van der Waals surface area contributed by atoms with Crippen LogP contribution in [0.25, 0.3) is 0 Å². The second kappa shape index (κ2) is 5.89. The number of fused-ring (bicyclic) bond motifs is 1. The van der Waals surface area contributed by atoms with Gasteiger partial charge in [0.15, 0.2) is 5.82 Å². The van der Waals surface area contributed by atoms with E-state index in [1.165, 1.54) is 6.07 Å². The zero-order valence-corrected chi connectivity index (χ0v) is 13.6. The highest BCUT2D eigenvalue weighted by Gasteiger charge is 2.35. The summed E-state index contributed by atoms with van der Waals surface area (Å²) in [5.74, 6) is 0.628. The smallest absolute Gasteiger partial charge is 0.318 e. The van der Waals surface area contributed by atoms with Crippen LogP contribution in [0, 0.1) is 5.82 Å². The van der Waals surface area contributed by atoms with Crippen molar-refractivity contribution in [2.24, 2.45) is 7.05 Å². The third-order valence-corrected chi connectivity index (χ3v) is 5.07. The number of urea groups is 1. The van der Waals surface area contributed by atoms with E-state index in [2.05, 4.69) is 15.5 Å². The Morgan fingerprint density at radius 2 is 2.25 bits per heavy atom. The molecule has 126 valence electrons. The van der Waals surface area contributed by atoms with Crippen molar-refractivity contribution < 1.29 is 9.18 Å². The van der Waals surface area contributed by atoms with Gasteiger partial charge >= 0.3 is 6.03 Å². The van der Waals surface area contributed by atoms with Crippen molar-refractivity contribution in [3.63, 3.8) is 0 Å². The first-order valence-electron chi connectivity index (χ1n) is 8.33. The molecule has 0 saturated carbocycles. The lowest BCUT2D eigenvalue weighted by molar-refractivity contribution is 0.186. The molecule has 2 aromatic rings. The SMILES string of the molecule is Cn1cnnc1[C@H]1CCCN1C(=O)N[C@@H]1CCc2c(F)cccc21. The van der Waals surface area contributed by atoms with E-state index in [1.54, 1.807) is 12.4 Å². The molecule has 0 unspecified atom stereocenters. The fraction of sp³-hybridized carbons (Fsp3) is 0.471. The highest BCUT2D eigenvalue weighted by Crippen LogP contribution is 2.34. The molecule has 2 amide bonds. The lowest BCUT2D eigenvalue weighted by Gasteiger charge is -2.26. The summed E-state index contributed by atoms with van der Waals surface area (Å²) in [6.07, 6.45) is 4.89. The first-order valence-corrected chi connectivity index (χ1v) is 8.33. The average molecular weight is 329 g/mol. The number of carbonyl (C=O) groups is 1. The summed E-state index contributed by atoms with van der Waals surface area (Å²) in [7, 11) is 1.89. The second-order valence-electron chi connectivity index (χ2n) is 6.50. The van der Waals surface area contributed by atoms with E-state index in [-0.39, 0.29) is 23.9 Å². The number of carbonyl (C=O) groups excluding carboxylic acids is 1. The Morgan fingerprint density at radius 1 is 1.38 bits per heavy atom. The summed E-state index contributed by atoms with van der Waals surface area (Å²) in [6.45, 7) is 0.700. The lowest BCUT2D eigenvalue weighted by Crippen LogP contribution is -2.41. The van der Waals surface area contributed by atoms with Gasteiger partial charge in [-0.25, -0.2) is 9.18 Å². The van der Waals surface area contributed by atoms with Crippen LogP contribution in [0.15, 0.2) is 24.5 Å². The van der Waals surface area contributed by atoms with E-state index >= 15 is 0 Å². The first kappa shape index (κ1) is 15.1. The molecule has 0 bridgehead atoms. The summed E-state index contributed by atoms with van der Waals surface area (Å²) in [5.41, 5.74) is 1.63. The normalized spacial score (nSPS) is 22.7. The monoisotopic (exact) mass is 329 g/mol. The molecule has 1 aromatic carbocycles. The third kappa shape index (κ3) is 2.44. The van der Waals surface area contributed by atoms with Crippen LogP contribution in [0.1, 0.15) is 48.3 Å². The molecule has 1 fully saturated rings. The molecule has 1 saturated heterocycles. The van der Waals surface area contributed by atoms with Gasteiger partial charge in [-0.15, -0.1) is 10.2 Å². The predicted molar refractivity (Wildman–Crippen MR) is 85.7 cm³/mol. The van der Waals surface area contributed by atoms with Crippen LogP contribution >= 0.6 is 0 Å². The van der Waals surface area contributed by atoms with Crippen LogP contribution in [0.5, 0.6) is 0 Å². The summed E-state index contributed by atoms with van der Waals surface area (Å²) in [4.78, 5) is 14.6. The van der Waals surface area contributed by atoms with Crippen LogP contribution in [-0.4, -0.2) is 32.2 Å². The van der Waals surface area contributed by atoms with Crippen LogP contribution in [-0.2, 0) is 13.5 Å². The van der Waals surface area contributed by atoms with Crippen molar-refractivity contribution in [2.45, 2.75) is 37.8 Å².